The van der Waals surface area contributed by atoms with Crippen molar-refractivity contribution >= 4 is 0 Å². The number of rotatable bonds is 2. The van der Waals surface area contributed by atoms with Gasteiger partial charge in [0.15, 0.2) is 0 Å². The molecule has 0 N–H and O–H groups in total. The van der Waals surface area contributed by atoms with E-state index in [0.717, 1.165) is 0 Å². The second-order valence-corrected chi connectivity index (χ2v) is 1.33. The van der Waals surface area contributed by atoms with E-state index in [2.05, 4.69) is 12.8 Å². The van der Waals surface area contributed by atoms with Crippen LogP contribution in [0.5, 0.6) is 0 Å². The van der Waals surface area contributed by atoms with Crippen LogP contribution in [0.2, 0.25) is 0 Å². The standard InChI is InChI=1S/C6H9O/c1-4-5-7-6(2)3/h1,6H,2,5H2,3H3. The zero-order chi connectivity index (χ0) is 5.70. The third-order valence-corrected chi connectivity index (χ3v) is 0.451. The third kappa shape index (κ3) is 5.52. The molecular formula is C6H9O. The Bertz CT molecular complexity index is 68.7. The van der Waals surface area contributed by atoms with Crippen molar-refractivity contribution in [2.75, 3.05) is 6.61 Å². The van der Waals surface area contributed by atoms with Gasteiger partial charge in [-0.25, -0.2) is 0 Å². The third-order valence-electron chi connectivity index (χ3n) is 0.451. The van der Waals surface area contributed by atoms with Crippen LogP contribution in [0.4, 0.5) is 0 Å². The van der Waals surface area contributed by atoms with Crippen molar-refractivity contribution in [3.63, 3.8) is 0 Å². The van der Waals surface area contributed by atoms with Crippen molar-refractivity contribution in [3.05, 3.63) is 6.92 Å². The molecule has 0 saturated carbocycles. The molecule has 0 aliphatic rings. The van der Waals surface area contributed by atoms with Crippen LogP contribution in [0.15, 0.2) is 0 Å². The van der Waals surface area contributed by atoms with E-state index in [4.69, 9.17) is 11.2 Å². The summed E-state index contributed by atoms with van der Waals surface area (Å²) in [6.45, 7) is 5.77. The summed E-state index contributed by atoms with van der Waals surface area (Å²) in [5.74, 6) is 2.34. The minimum Gasteiger partial charge on any atom is -0.366 e. The average Bonchev–Trinajstić information content (AvgIpc) is 1.61. The molecule has 7 heavy (non-hydrogen) atoms. The molecule has 0 heterocycles. The largest absolute Gasteiger partial charge is 0.366 e. The molecule has 0 saturated heterocycles. The monoisotopic (exact) mass is 97.1 g/mol. The fourth-order valence-corrected chi connectivity index (χ4v) is 0.190. The minimum atomic E-state index is 0.0102. The van der Waals surface area contributed by atoms with E-state index in [9.17, 15) is 0 Å². The molecule has 0 rings (SSSR count). The highest BCUT2D eigenvalue weighted by Crippen LogP contribution is 1.82. The molecule has 1 atom stereocenters. The van der Waals surface area contributed by atoms with Gasteiger partial charge in [0.25, 0.3) is 0 Å². The van der Waals surface area contributed by atoms with Gasteiger partial charge in [0.1, 0.15) is 6.61 Å². The first-order chi connectivity index (χ1) is 3.27. The van der Waals surface area contributed by atoms with E-state index in [-0.39, 0.29) is 6.10 Å². The summed E-state index contributed by atoms with van der Waals surface area (Å²) in [4.78, 5) is 0. The average molecular weight is 97.1 g/mol. The van der Waals surface area contributed by atoms with E-state index in [1.54, 1.807) is 0 Å². The molecular weight excluding hydrogens is 88.1 g/mol. The van der Waals surface area contributed by atoms with Crippen LogP contribution in [0, 0.1) is 19.3 Å². The second kappa shape index (κ2) is 3.70. The number of ether oxygens (including phenoxy) is 1. The molecule has 0 spiro atoms. The lowest BCUT2D eigenvalue weighted by molar-refractivity contribution is 0.125. The summed E-state index contributed by atoms with van der Waals surface area (Å²) in [6.07, 6.45) is 4.88. The lowest BCUT2D eigenvalue weighted by Gasteiger charge is -1.99. The fraction of sp³-hybridized carbons (Fsp3) is 0.500. The van der Waals surface area contributed by atoms with Gasteiger partial charge in [-0.1, -0.05) is 5.92 Å². The van der Waals surface area contributed by atoms with Crippen molar-refractivity contribution in [3.8, 4) is 12.3 Å². The Hall–Kier alpha value is -0.480. The number of hydrogen-bond donors (Lipinski definition) is 0. The summed E-state index contributed by atoms with van der Waals surface area (Å²) in [7, 11) is 0. The normalized spacial score (nSPS) is 8.86. The molecule has 39 valence electrons. The summed E-state index contributed by atoms with van der Waals surface area (Å²) in [6, 6.07) is 0. The first-order valence-corrected chi connectivity index (χ1v) is 2.15. The van der Waals surface area contributed by atoms with Crippen LogP contribution in [-0.4, -0.2) is 12.7 Å². The predicted octanol–water partition coefficient (Wildman–Crippen LogP) is 0.859. The molecule has 0 amide bonds. The molecule has 0 bridgehead atoms. The molecule has 0 aliphatic heterocycles. The molecule has 0 fully saturated rings. The van der Waals surface area contributed by atoms with Crippen molar-refractivity contribution in [1.82, 2.24) is 0 Å². The Kier molecular flexibility index (Phi) is 3.45. The summed E-state index contributed by atoms with van der Waals surface area (Å²) >= 11 is 0. The van der Waals surface area contributed by atoms with Crippen molar-refractivity contribution in [2.24, 2.45) is 0 Å². The van der Waals surface area contributed by atoms with Crippen LogP contribution >= 0.6 is 0 Å². The van der Waals surface area contributed by atoms with Crippen LogP contribution in [0.25, 0.3) is 0 Å². The molecule has 0 aliphatic carbocycles. The molecule has 1 radical (unpaired) electrons. The van der Waals surface area contributed by atoms with Crippen molar-refractivity contribution < 1.29 is 4.74 Å². The molecule has 0 aromatic carbocycles. The van der Waals surface area contributed by atoms with Crippen LogP contribution in [-0.2, 0) is 4.74 Å². The van der Waals surface area contributed by atoms with Gasteiger partial charge in [-0.05, 0) is 13.8 Å². The van der Waals surface area contributed by atoms with Crippen molar-refractivity contribution in [1.29, 1.82) is 0 Å². The Morgan fingerprint density at radius 1 is 2.00 bits per heavy atom. The molecule has 0 aromatic rings. The Balaban J connectivity index is 2.86. The maximum absolute atomic E-state index is 4.87. The van der Waals surface area contributed by atoms with Crippen LogP contribution < -0.4 is 0 Å². The molecule has 1 unspecified atom stereocenters. The van der Waals surface area contributed by atoms with E-state index >= 15 is 0 Å². The van der Waals surface area contributed by atoms with Crippen LogP contribution in [0.3, 0.4) is 0 Å². The van der Waals surface area contributed by atoms with Crippen molar-refractivity contribution in [2.45, 2.75) is 13.0 Å². The molecule has 1 heteroatoms. The maximum Gasteiger partial charge on any atom is 0.107 e. The summed E-state index contributed by atoms with van der Waals surface area (Å²) in [5, 5.41) is 0. The number of terminal acetylenes is 1. The molecule has 1 nitrogen and oxygen atoms in total. The Morgan fingerprint density at radius 3 is 2.71 bits per heavy atom. The lowest BCUT2D eigenvalue weighted by atomic mass is 10.5. The predicted molar refractivity (Wildman–Crippen MR) is 29.6 cm³/mol. The highest BCUT2D eigenvalue weighted by molar-refractivity contribution is 4.83. The lowest BCUT2D eigenvalue weighted by Crippen LogP contribution is -2.01. The zero-order valence-electron chi connectivity index (χ0n) is 4.48. The van der Waals surface area contributed by atoms with Gasteiger partial charge in [-0.3, -0.25) is 0 Å². The zero-order valence-corrected chi connectivity index (χ0v) is 4.48. The SMILES string of the molecule is C#CCOC([CH2])C. The smallest absolute Gasteiger partial charge is 0.107 e. The highest BCUT2D eigenvalue weighted by Gasteiger charge is 1.85. The van der Waals surface area contributed by atoms with Gasteiger partial charge < -0.3 is 4.74 Å². The van der Waals surface area contributed by atoms with E-state index in [1.807, 2.05) is 6.92 Å². The van der Waals surface area contributed by atoms with Gasteiger partial charge in [0.05, 0.1) is 6.10 Å². The maximum atomic E-state index is 4.87. The van der Waals surface area contributed by atoms with Gasteiger partial charge in [0.2, 0.25) is 0 Å². The van der Waals surface area contributed by atoms with Gasteiger partial charge in [-0.15, -0.1) is 6.42 Å². The van der Waals surface area contributed by atoms with Gasteiger partial charge >= 0.3 is 0 Å². The van der Waals surface area contributed by atoms with E-state index in [0.29, 0.717) is 6.61 Å². The fourth-order valence-electron chi connectivity index (χ4n) is 0.190. The highest BCUT2D eigenvalue weighted by atomic mass is 16.5. The number of hydrogen-bond acceptors (Lipinski definition) is 1. The summed E-state index contributed by atoms with van der Waals surface area (Å²) in [5.41, 5.74) is 0. The topological polar surface area (TPSA) is 9.23 Å². The first kappa shape index (κ1) is 6.52. The summed E-state index contributed by atoms with van der Waals surface area (Å²) < 4.78 is 4.84. The minimum absolute atomic E-state index is 0.0102. The Morgan fingerprint density at radius 2 is 2.57 bits per heavy atom. The first-order valence-electron chi connectivity index (χ1n) is 2.15. The van der Waals surface area contributed by atoms with Crippen LogP contribution in [0.1, 0.15) is 6.92 Å². The van der Waals surface area contributed by atoms with Gasteiger partial charge in [-0.2, -0.15) is 0 Å². The van der Waals surface area contributed by atoms with E-state index in [1.165, 1.54) is 0 Å². The second-order valence-electron chi connectivity index (χ2n) is 1.33. The van der Waals surface area contributed by atoms with E-state index < -0.39 is 0 Å². The quantitative estimate of drug-likeness (QED) is 0.464. The molecule has 0 aromatic heterocycles. The van der Waals surface area contributed by atoms with Gasteiger partial charge in [0, 0.05) is 0 Å². The Labute approximate surface area is 44.7 Å².